The summed E-state index contributed by atoms with van der Waals surface area (Å²) in [5.41, 5.74) is -11.4. The van der Waals surface area contributed by atoms with Crippen molar-refractivity contribution < 1.29 is 108 Å². The summed E-state index contributed by atoms with van der Waals surface area (Å²) in [5, 5.41) is 0. The van der Waals surface area contributed by atoms with E-state index in [0.29, 0.717) is 0 Å². The number of hydrogen-bond donors (Lipinski definition) is 2. The molecular weight excluding hydrogens is 634 g/mol. The van der Waals surface area contributed by atoms with E-state index < -0.39 is 86.9 Å². The van der Waals surface area contributed by atoms with Gasteiger partial charge in [-0.25, -0.2) is 20.4 Å². The molecule has 0 aromatic carbocycles. The third-order valence-electron chi connectivity index (χ3n) is 3.93. The molecule has 2 N–H and O–H groups in total. The van der Waals surface area contributed by atoms with Crippen LogP contribution >= 0.6 is 0 Å². The molecule has 0 atom stereocenters. The van der Waals surface area contributed by atoms with Gasteiger partial charge in [-0.15, -0.1) is 0 Å². The van der Waals surface area contributed by atoms with Crippen LogP contribution in [0.3, 0.4) is 0 Å². The number of halogens is 18. The second kappa shape index (κ2) is 12.0. The molecule has 238 valence electrons. The van der Waals surface area contributed by atoms with Crippen LogP contribution in [-0.4, -0.2) is 86.9 Å². The quantitative estimate of drug-likeness (QED) is 0.214. The van der Waals surface area contributed by atoms with Crippen LogP contribution in [0.1, 0.15) is 0 Å². The zero-order valence-electron chi connectivity index (χ0n) is 18.1. The fraction of sp³-hybridized carbons (Fsp3) is 0.857. The normalized spacial score (nSPS) is 14.6. The molecular formula is C14H10F18N2O6. The van der Waals surface area contributed by atoms with Crippen LogP contribution in [0.15, 0.2) is 0 Å². The van der Waals surface area contributed by atoms with Gasteiger partial charge >= 0.3 is 60.4 Å². The smallest absolute Gasteiger partial charge is 0.435 e. The van der Waals surface area contributed by atoms with Gasteiger partial charge in [0, 0.05) is 0 Å². The van der Waals surface area contributed by atoms with Gasteiger partial charge in [0.1, 0.15) is 13.2 Å². The standard InChI is InChI=1S/C14H10F18N2O6/c15-9(16,17)7(10(18,19)20,11(21,22)23)39-3-1-37-5(35)33-34-6(36)38-2-4-40-8(12(24,25)26,13(27,28)29)14(30,31)32/h1-4H2,(H,33,35)(H,34,36). The van der Waals surface area contributed by atoms with E-state index in [1.54, 1.807) is 0 Å². The first-order chi connectivity index (χ1) is 17.5. The minimum absolute atomic E-state index is 1.01. The maximum Gasteiger partial charge on any atom is 0.435 e. The molecule has 0 aromatic heterocycles. The number of amides is 2. The van der Waals surface area contributed by atoms with Gasteiger partial charge < -0.3 is 18.9 Å². The number of hydrazine groups is 1. The van der Waals surface area contributed by atoms with Crippen molar-refractivity contribution in [2.75, 3.05) is 26.4 Å². The predicted octanol–water partition coefficient (Wildman–Crippen LogP) is 5.24. The van der Waals surface area contributed by atoms with E-state index >= 15 is 0 Å². The van der Waals surface area contributed by atoms with Crippen molar-refractivity contribution >= 4 is 12.2 Å². The van der Waals surface area contributed by atoms with Gasteiger partial charge in [0.15, 0.2) is 0 Å². The van der Waals surface area contributed by atoms with Crippen LogP contribution in [0.4, 0.5) is 88.6 Å². The van der Waals surface area contributed by atoms with Crippen molar-refractivity contribution in [1.82, 2.24) is 10.9 Å². The summed E-state index contributed by atoms with van der Waals surface area (Å²) in [6, 6.07) is 0. The Morgan fingerprint density at radius 2 is 0.600 bits per heavy atom. The Hall–Kier alpha value is -2.80. The van der Waals surface area contributed by atoms with Crippen LogP contribution in [0.5, 0.6) is 0 Å². The average molecular weight is 644 g/mol. The Balaban J connectivity index is 4.91. The van der Waals surface area contributed by atoms with Crippen LogP contribution in [0.2, 0.25) is 0 Å². The van der Waals surface area contributed by atoms with Crippen molar-refractivity contribution in [1.29, 1.82) is 0 Å². The van der Waals surface area contributed by atoms with Crippen molar-refractivity contribution in [2.24, 2.45) is 0 Å². The molecule has 0 aliphatic carbocycles. The Morgan fingerprint density at radius 3 is 0.775 bits per heavy atom. The SMILES string of the molecule is O=C(NNC(=O)OCCOC(C(F)(F)F)(C(F)(F)F)C(F)(F)F)OCCOC(C(F)(F)F)(C(F)(F)F)C(F)(F)F. The van der Waals surface area contributed by atoms with Crippen molar-refractivity contribution in [3.63, 3.8) is 0 Å². The highest BCUT2D eigenvalue weighted by Gasteiger charge is 2.86. The molecule has 0 unspecified atom stereocenters. The van der Waals surface area contributed by atoms with E-state index in [4.69, 9.17) is 0 Å². The molecule has 0 bridgehead atoms. The highest BCUT2D eigenvalue weighted by atomic mass is 19.4. The molecule has 0 aliphatic rings. The second-order valence-corrected chi connectivity index (χ2v) is 6.57. The van der Waals surface area contributed by atoms with E-state index in [1.807, 2.05) is 0 Å². The zero-order valence-corrected chi connectivity index (χ0v) is 18.1. The molecule has 0 fully saturated rings. The lowest BCUT2D eigenvalue weighted by Crippen LogP contribution is -2.68. The number of carbonyl (C=O) groups is 2. The van der Waals surface area contributed by atoms with Gasteiger partial charge in [-0.1, -0.05) is 0 Å². The summed E-state index contributed by atoms with van der Waals surface area (Å²) in [6.45, 7) is -8.00. The molecule has 0 radical (unpaired) electrons. The van der Waals surface area contributed by atoms with Gasteiger partial charge in [-0.3, -0.25) is 0 Å². The number of nitrogens with one attached hydrogen (secondary N) is 2. The largest absolute Gasteiger partial charge is 0.446 e. The van der Waals surface area contributed by atoms with Crippen LogP contribution < -0.4 is 10.9 Å². The Labute approximate surface area is 206 Å². The van der Waals surface area contributed by atoms with Gasteiger partial charge in [0.25, 0.3) is 0 Å². The molecule has 40 heavy (non-hydrogen) atoms. The number of alkyl halides is 18. The fourth-order valence-corrected chi connectivity index (χ4v) is 2.29. The molecule has 0 heterocycles. The molecule has 0 rings (SSSR count). The van der Waals surface area contributed by atoms with Crippen molar-refractivity contribution in [3.05, 3.63) is 0 Å². The Bertz CT molecular complexity index is 714. The first-order valence-corrected chi connectivity index (χ1v) is 9.03. The van der Waals surface area contributed by atoms with E-state index in [9.17, 15) is 88.6 Å². The predicted molar refractivity (Wildman–Crippen MR) is 82.7 cm³/mol. The highest BCUT2D eigenvalue weighted by Crippen LogP contribution is 2.56. The Kier molecular flexibility index (Phi) is 11.1. The molecule has 8 nitrogen and oxygen atoms in total. The summed E-state index contributed by atoms with van der Waals surface area (Å²) in [7, 11) is 0. The lowest BCUT2D eigenvalue weighted by Gasteiger charge is -2.37. The molecule has 0 saturated carbocycles. The minimum atomic E-state index is -7.11. The van der Waals surface area contributed by atoms with Crippen LogP contribution in [-0.2, 0) is 18.9 Å². The highest BCUT2D eigenvalue weighted by molar-refractivity contribution is 5.73. The number of ether oxygens (including phenoxy) is 4. The maximum atomic E-state index is 12.6. The maximum absolute atomic E-state index is 12.6. The summed E-state index contributed by atoms with van der Waals surface area (Å²) in [5.74, 6) is 0. The minimum Gasteiger partial charge on any atom is -0.446 e. The summed E-state index contributed by atoms with van der Waals surface area (Å²) < 4.78 is 240. The van der Waals surface area contributed by atoms with E-state index in [2.05, 4.69) is 18.9 Å². The number of carbonyl (C=O) groups excluding carboxylic acids is 2. The Morgan fingerprint density at radius 1 is 0.400 bits per heavy atom. The molecule has 26 heteroatoms. The van der Waals surface area contributed by atoms with Gasteiger partial charge in [0.05, 0.1) is 13.2 Å². The molecule has 0 aromatic rings. The summed E-state index contributed by atoms with van der Waals surface area (Å²) in [6.07, 6.45) is -46.8. The molecule has 0 saturated heterocycles. The lowest BCUT2D eigenvalue weighted by atomic mass is 10.0. The third kappa shape index (κ3) is 7.90. The molecule has 0 aliphatic heterocycles. The van der Waals surface area contributed by atoms with E-state index in [-0.39, 0.29) is 0 Å². The van der Waals surface area contributed by atoms with Crippen LogP contribution in [0, 0.1) is 0 Å². The molecule has 0 spiro atoms. The zero-order chi connectivity index (χ0) is 32.2. The average Bonchev–Trinajstić information content (AvgIpc) is 2.65. The van der Waals surface area contributed by atoms with Crippen LogP contribution in [0.25, 0.3) is 0 Å². The second-order valence-electron chi connectivity index (χ2n) is 6.57. The summed E-state index contributed by atoms with van der Waals surface area (Å²) in [4.78, 5) is 22.3. The van der Waals surface area contributed by atoms with Crippen molar-refractivity contribution in [3.8, 4) is 0 Å². The summed E-state index contributed by atoms with van der Waals surface area (Å²) >= 11 is 0. The first kappa shape index (κ1) is 37.2. The van der Waals surface area contributed by atoms with E-state index in [0.717, 1.165) is 10.9 Å². The third-order valence-corrected chi connectivity index (χ3v) is 3.93. The number of hydrogen-bond acceptors (Lipinski definition) is 6. The topological polar surface area (TPSA) is 95.1 Å². The molecule has 2 amide bonds. The first-order valence-electron chi connectivity index (χ1n) is 9.03. The monoisotopic (exact) mass is 644 g/mol. The van der Waals surface area contributed by atoms with E-state index in [1.165, 1.54) is 0 Å². The van der Waals surface area contributed by atoms with Gasteiger partial charge in [-0.2, -0.15) is 79.0 Å². The van der Waals surface area contributed by atoms with Crippen molar-refractivity contribution in [2.45, 2.75) is 48.3 Å². The fourth-order valence-electron chi connectivity index (χ4n) is 2.29. The van der Waals surface area contributed by atoms with Gasteiger partial charge in [0.2, 0.25) is 0 Å². The van der Waals surface area contributed by atoms with Gasteiger partial charge in [-0.05, 0) is 0 Å². The lowest BCUT2D eigenvalue weighted by molar-refractivity contribution is -0.458. The number of rotatable bonds is 8.